The molecule has 2 rings (SSSR count). The summed E-state index contributed by atoms with van der Waals surface area (Å²) in [6.45, 7) is 3.54. The molecule has 1 heterocycles. The Bertz CT molecular complexity index is 778. The Labute approximate surface area is 128 Å². The Balaban J connectivity index is 2.25. The molecule has 112 valence electrons. The van der Waals surface area contributed by atoms with E-state index >= 15 is 0 Å². The lowest BCUT2D eigenvalue weighted by molar-refractivity contribution is 0.580. The van der Waals surface area contributed by atoms with Crippen LogP contribution < -0.4 is 10.5 Å². The Morgan fingerprint density at radius 1 is 1.33 bits per heavy atom. The molecule has 0 unspecified atom stereocenters. The lowest BCUT2D eigenvalue weighted by atomic mass is 10.2. The average molecular weight is 327 g/mol. The van der Waals surface area contributed by atoms with Gasteiger partial charge in [0.05, 0.1) is 17.3 Å². The van der Waals surface area contributed by atoms with Crippen LogP contribution in [0.5, 0.6) is 0 Å². The minimum absolute atomic E-state index is 0.0435. The third kappa shape index (κ3) is 3.69. The van der Waals surface area contributed by atoms with Gasteiger partial charge < -0.3 is 5.73 Å². The summed E-state index contributed by atoms with van der Waals surface area (Å²) < 4.78 is 27.0. The molecular formula is C13H15ClN4O2S. The van der Waals surface area contributed by atoms with Crippen LogP contribution in [-0.4, -0.2) is 18.4 Å². The first kappa shape index (κ1) is 15.7. The van der Waals surface area contributed by atoms with Crippen LogP contribution in [0.2, 0.25) is 5.02 Å². The second-order valence-electron chi connectivity index (χ2n) is 4.56. The van der Waals surface area contributed by atoms with Crippen molar-refractivity contribution in [1.29, 1.82) is 0 Å². The van der Waals surface area contributed by atoms with Gasteiger partial charge in [-0.05, 0) is 37.6 Å². The van der Waals surface area contributed by atoms with E-state index in [1.807, 2.05) is 0 Å². The second kappa shape index (κ2) is 5.97. The molecule has 0 saturated carbocycles. The molecule has 8 heteroatoms. The van der Waals surface area contributed by atoms with E-state index in [9.17, 15) is 8.42 Å². The van der Waals surface area contributed by atoms with Gasteiger partial charge in [-0.15, -0.1) is 0 Å². The predicted octanol–water partition coefficient (Wildman–Crippen LogP) is 1.81. The molecule has 0 radical (unpaired) electrons. The quantitative estimate of drug-likeness (QED) is 0.835. The molecule has 1 aromatic carbocycles. The second-order valence-corrected chi connectivity index (χ2v) is 6.70. The van der Waals surface area contributed by atoms with E-state index < -0.39 is 10.0 Å². The van der Waals surface area contributed by atoms with E-state index in [0.29, 0.717) is 17.2 Å². The molecule has 0 amide bonds. The molecule has 3 N–H and O–H groups in total. The van der Waals surface area contributed by atoms with Gasteiger partial charge in [0, 0.05) is 11.9 Å². The number of aryl methyl sites for hydroxylation is 2. The monoisotopic (exact) mass is 326 g/mol. The zero-order valence-electron chi connectivity index (χ0n) is 11.6. The fraction of sp³-hybridized carbons (Fsp3) is 0.231. The Morgan fingerprint density at radius 3 is 2.71 bits per heavy atom. The molecule has 0 aliphatic heterocycles. The van der Waals surface area contributed by atoms with Gasteiger partial charge in [-0.25, -0.2) is 23.1 Å². The number of halogens is 1. The van der Waals surface area contributed by atoms with E-state index in [2.05, 4.69) is 14.7 Å². The largest absolute Gasteiger partial charge is 0.398 e. The highest BCUT2D eigenvalue weighted by Crippen LogP contribution is 2.26. The van der Waals surface area contributed by atoms with Crippen LogP contribution in [0.1, 0.15) is 17.1 Å². The van der Waals surface area contributed by atoms with Gasteiger partial charge in [-0.3, -0.25) is 0 Å². The highest BCUT2D eigenvalue weighted by atomic mass is 35.5. The summed E-state index contributed by atoms with van der Waals surface area (Å²) in [5.74, 6) is 0.573. The number of anilines is 1. The number of rotatable bonds is 4. The first-order valence-corrected chi connectivity index (χ1v) is 7.99. The lowest BCUT2D eigenvalue weighted by Crippen LogP contribution is -2.24. The summed E-state index contributed by atoms with van der Waals surface area (Å²) in [5, 5.41) is 0.132. The zero-order valence-corrected chi connectivity index (χ0v) is 13.2. The van der Waals surface area contributed by atoms with E-state index in [4.69, 9.17) is 17.3 Å². The maximum Gasteiger partial charge on any atom is 0.242 e. The Kier molecular flexibility index (Phi) is 4.46. The number of hydrogen-bond acceptors (Lipinski definition) is 5. The number of benzene rings is 1. The summed E-state index contributed by atoms with van der Waals surface area (Å²) >= 11 is 5.99. The van der Waals surface area contributed by atoms with Crippen LogP contribution in [0.3, 0.4) is 0 Å². The van der Waals surface area contributed by atoms with Crippen molar-refractivity contribution in [3.05, 3.63) is 46.5 Å². The summed E-state index contributed by atoms with van der Waals surface area (Å²) in [6.07, 6.45) is 1.57. The van der Waals surface area contributed by atoms with Gasteiger partial charge in [-0.1, -0.05) is 11.6 Å². The standard InChI is InChI=1S/C13H15ClN4O2S/c1-8-5-11(14)13(6-12(8)15)21(19,20)17-7-10-3-4-16-9(2)18-10/h3-6,17H,7,15H2,1-2H3. The van der Waals surface area contributed by atoms with Gasteiger partial charge in [0.15, 0.2) is 0 Å². The van der Waals surface area contributed by atoms with Gasteiger partial charge in [-0.2, -0.15) is 0 Å². The first-order valence-electron chi connectivity index (χ1n) is 6.13. The highest BCUT2D eigenvalue weighted by molar-refractivity contribution is 7.89. The van der Waals surface area contributed by atoms with Crippen molar-refractivity contribution in [1.82, 2.24) is 14.7 Å². The molecule has 0 spiro atoms. The van der Waals surface area contributed by atoms with Crippen molar-refractivity contribution >= 4 is 27.3 Å². The fourth-order valence-electron chi connectivity index (χ4n) is 1.72. The molecule has 6 nitrogen and oxygen atoms in total. The number of hydrogen-bond donors (Lipinski definition) is 2. The predicted molar refractivity (Wildman–Crippen MR) is 81.4 cm³/mol. The molecule has 21 heavy (non-hydrogen) atoms. The average Bonchev–Trinajstić information content (AvgIpc) is 2.41. The van der Waals surface area contributed by atoms with Crippen molar-refractivity contribution in [3.63, 3.8) is 0 Å². The molecule has 1 aromatic heterocycles. The minimum atomic E-state index is -3.76. The molecule has 2 aromatic rings. The summed E-state index contributed by atoms with van der Waals surface area (Å²) in [5.41, 5.74) is 7.41. The van der Waals surface area contributed by atoms with E-state index in [1.165, 1.54) is 12.1 Å². The molecule has 0 atom stereocenters. The number of nitrogens with zero attached hydrogens (tertiary/aromatic N) is 2. The van der Waals surface area contributed by atoms with Gasteiger partial charge in [0.1, 0.15) is 10.7 Å². The van der Waals surface area contributed by atoms with Crippen molar-refractivity contribution < 1.29 is 8.42 Å². The van der Waals surface area contributed by atoms with Crippen molar-refractivity contribution in [2.24, 2.45) is 0 Å². The summed E-state index contributed by atoms with van der Waals surface area (Å²) in [6, 6.07) is 4.52. The van der Waals surface area contributed by atoms with Crippen molar-refractivity contribution in [2.45, 2.75) is 25.3 Å². The molecule has 0 fully saturated rings. The van der Waals surface area contributed by atoms with Gasteiger partial charge in [0.25, 0.3) is 0 Å². The first-order chi connectivity index (χ1) is 9.79. The summed E-state index contributed by atoms with van der Waals surface area (Å²) in [4.78, 5) is 8.04. The van der Waals surface area contributed by atoms with Crippen molar-refractivity contribution in [2.75, 3.05) is 5.73 Å². The fourth-order valence-corrected chi connectivity index (χ4v) is 3.34. The van der Waals surface area contributed by atoms with Crippen LogP contribution in [-0.2, 0) is 16.6 Å². The number of nitrogen functional groups attached to an aromatic ring is 1. The third-order valence-corrected chi connectivity index (χ3v) is 4.75. The van der Waals surface area contributed by atoms with Gasteiger partial charge >= 0.3 is 0 Å². The number of aromatic nitrogens is 2. The number of nitrogens with one attached hydrogen (secondary N) is 1. The molecule has 0 aliphatic rings. The molecule has 0 saturated heterocycles. The summed E-state index contributed by atoms with van der Waals surface area (Å²) in [7, 11) is -3.76. The zero-order chi connectivity index (χ0) is 15.6. The number of nitrogens with two attached hydrogens (primary N) is 1. The van der Waals surface area contributed by atoms with E-state index in [-0.39, 0.29) is 16.5 Å². The van der Waals surface area contributed by atoms with Crippen LogP contribution >= 0.6 is 11.6 Å². The topological polar surface area (TPSA) is 98.0 Å². The van der Waals surface area contributed by atoms with Crippen LogP contribution in [0, 0.1) is 13.8 Å². The highest BCUT2D eigenvalue weighted by Gasteiger charge is 2.19. The maximum absolute atomic E-state index is 12.3. The molecule has 0 bridgehead atoms. The molecular weight excluding hydrogens is 312 g/mol. The molecule has 0 aliphatic carbocycles. The van der Waals surface area contributed by atoms with Gasteiger partial charge in [0.2, 0.25) is 10.0 Å². The Morgan fingerprint density at radius 2 is 2.05 bits per heavy atom. The third-order valence-electron chi connectivity index (χ3n) is 2.89. The van der Waals surface area contributed by atoms with Crippen molar-refractivity contribution in [3.8, 4) is 0 Å². The maximum atomic E-state index is 12.3. The smallest absolute Gasteiger partial charge is 0.242 e. The van der Waals surface area contributed by atoms with E-state index in [1.54, 1.807) is 26.1 Å². The Hall–Kier alpha value is -1.70. The number of sulfonamides is 1. The lowest BCUT2D eigenvalue weighted by Gasteiger charge is -2.10. The van der Waals surface area contributed by atoms with E-state index in [0.717, 1.165) is 5.56 Å². The normalized spacial score (nSPS) is 11.6. The van der Waals surface area contributed by atoms with Crippen LogP contribution in [0.4, 0.5) is 5.69 Å². The van der Waals surface area contributed by atoms with Crippen LogP contribution in [0.25, 0.3) is 0 Å². The van der Waals surface area contributed by atoms with Crippen LogP contribution in [0.15, 0.2) is 29.3 Å². The minimum Gasteiger partial charge on any atom is -0.398 e. The SMILES string of the molecule is Cc1nccc(CNS(=O)(=O)c2cc(N)c(C)cc2Cl)n1.